The molecule has 2 heteroatoms. The summed E-state index contributed by atoms with van der Waals surface area (Å²) < 4.78 is 0. The predicted molar refractivity (Wildman–Crippen MR) is 63.3 cm³/mol. The van der Waals surface area contributed by atoms with Crippen molar-refractivity contribution in [1.29, 1.82) is 0 Å². The van der Waals surface area contributed by atoms with Crippen molar-refractivity contribution < 1.29 is 0 Å². The largest absolute Gasteiger partial charge is 0.241 e. The second kappa shape index (κ2) is 4.05. The van der Waals surface area contributed by atoms with Crippen molar-refractivity contribution >= 4 is 0 Å². The average Bonchev–Trinajstić information content (AvgIpc) is 2.39. The Morgan fingerprint density at radius 2 is 1.81 bits per heavy atom. The molecule has 0 spiro atoms. The first kappa shape index (κ1) is 9.52. The van der Waals surface area contributed by atoms with Crippen LogP contribution in [0.1, 0.15) is 35.7 Å². The molecule has 16 heavy (non-hydrogen) atoms. The zero-order valence-corrected chi connectivity index (χ0v) is 9.13. The monoisotopic (exact) mass is 210 g/mol. The first-order valence-corrected chi connectivity index (χ1v) is 5.80. The van der Waals surface area contributed by atoms with Gasteiger partial charge in [-0.25, -0.2) is 9.97 Å². The summed E-state index contributed by atoms with van der Waals surface area (Å²) in [5, 5.41) is 0. The normalized spacial score (nSPS) is 19.1. The van der Waals surface area contributed by atoms with Gasteiger partial charge in [0.15, 0.2) is 0 Å². The van der Waals surface area contributed by atoms with Gasteiger partial charge in [0, 0.05) is 18.3 Å². The minimum Gasteiger partial charge on any atom is -0.241 e. The highest BCUT2D eigenvalue weighted by molar-refractivity contribution is 5.36. The lowest BCUT2D eigenvalue weighted by Crippen LogP contribution is -2.13. The molecule has 0 aliphatic heterocycles. The van der Waals surface area contributed by atoms with Crippen molar-refractivity contribution in [3.05, 3.63) is 59.7 Å². The fourth-order valence-corrected chi connectivity index (χ4v) is 2.51. The Kier molecular flexibility index (Phi) is 2.41. The maximum atomic E-state index is 4.39. The van der Waals surface area contributed by atoms with Crippen molar-refractivity contribution in [2.45, 2.75) is 25.2 Å². The van der Waals surface area contributed by atoms with Crippen LogP contribution in [-0.2, 0) is 6.42 Å². The second-order valence-electron chi connectivity index (χ2n) is 4.25. The van der Waals surface area contributed by atoms with Crippen LogP contribution in [0.5, 0.6) is 0 Å². The van der Waals surface area contributed by atoms with Crippen LogP contribution >= 0.6 is 0 Å². The van der Waals surface area contributed by atoms with Gasteiger partial charge >= 0.3 is 0 Å². The molecule has 0 radical (unpaired) electrons. The van der Waals surface area contributed by atoms with Gasteiger partial charge in [-0.2, -0.15) is 0 Å². The summed E-state index contributed by atoms with van der Waals surface area (Å²) in [6.45, 7) is 0. The lowest BCUT2D eigenvalue weighted by atomic mass is 9.82. The first-order chi connectivity index (χ1) is 7.95. The molecular weight excluding hydrogens is 196 g/mol. The highest BCUT2D eigenvalue weighted by atomic mass is 14.9. The SMILES string of the molecule is c1cnc(C2CCCc3ccccc32)nc1. The van der Waals surface area contributed by atoms with E-state index in [1.54, 1.807) is 0 Å². The lowest BCUT2D eigenvalue weighted by molar-refractivity contribution is 0.590. The molecule has 2 aromatic rings. The van der Waals surface area contributed by atoms with Crippen molar-refractivity contribution in [1.82, 2.24) is 9.97 Å². The van der Waals surface area contributed by atoms with Crippen LogP contribution in [0, 0.1) is 0 Å². The molecule has 2 nitrogen and oxygen atoms in total. The fourth-order valence-electron chi connectivity index (χ4n) is 2.51. The Morgan fingerprint density at radius 1 is 1.00 bits per heavy atom. The van der Waals surface area contributed by atoms with E-state index >= 15 is 0 Å². The van der Waals surface area contributed by atoms with Gasteiger partial charge in [0.1, 0.15) is 5.82 Å². The quantitative estimate of drug-likeness (QED) is 0.723. The van der Waals surface area contributed by atoms with Crippen LogP contribution in [0.4, 0.5) is 0 Å². The third kappa shape index (κ3) is 1.60. The Morgan fingerprint density at radius 3 is 2.69 bits per heavy atom. The third-order valence-corrected chi connectivity index (χ3v) is 3.27. The van der Waals surface area contributed by atoms with E-state index in [1.807, 2.05) is 18.5 Å². The number of aromatic nitrogens is 2. The van der Waals surface area contributed by atoms with Crippen LogP contribution < -0.4 is 0 Å². The Hall–Kier alpha value is -1.70. The van der Waals surface area contributed by atoms with E-state index in [1.165, 1.54) is 30.4 Å². The van der Waals surface area contributed by atoms with Gasteiger partial charge in [-0.05, 0) is 36.5 Å². The minimum absolute atomic E-state index is 0.395. The molecule has 0 N–H and O–H groups in total. The molecule has 1 aliphatic carbocycles. The van der Waals surface area contributed by atoms with Gasteiger partial charge < -0.3 is 0 Å². The number of benzene rings is 1. The van der Waals surface area contributed by atoms with E-state index < -0.39 is 0 Å². The Bertz CT molecular complexity index is 479. The van der Waals surface area contributed by atoms with Crippen LogP contribution in [0.2, 0.25) is 0 Å². The minimum atomic E-state index is 0.395. The molecule has 0 amide bonds. The summed E-state index contributed by atoms with van der Waals surface area (Å²) in [7, 11) is 0. The zero-order chi connectivity index (χ0) is 10.8. The molecule has 1 aromatic heterocycles. The molecule has 1 aromatic carbocycles. The molecule has 1 aliphatic rings. The molecule has 1 atom stereocenters. The lowest BCUT2D eigenvalue weighted by Gasteiger charge is -2.24. The highest BCUT2D eigenvalue weighted by Gasteiger charge is 2.22. The maximum Gasteiger partial charge on any atom is 0.135 e. The highest BCUT2D eigenvalue weighted by Crippen LogP contribution is 2.34. The molecule has 3 rings (SSSR count). The van der Waals surface area contributed by atoms with E-state index in [0.29, 0.717) is 5.92 Å². The number of aryl methyl sites for hydroxylation is 1. The first-order valence-electron chi connectivity index (χ1n) is 5.80. The van der Waals surface area contributed by atoms with Crippen LogP contribution in [0.15, 0.2) is 42.7 Å². The van der Waals surface area contributed by atoms with Gasteiger partial charge in [0.05, 0.1) is 0 Å². The van der Waals surface area contributed by atoms with Gasteiger partial charge in [0.2, 0.25) is 0 Å². The summed E-state index contributed by atoms with van der Waals surface area (Å²) in [4.78, 5) is 8.78. The van der Waals surface area contributed by atoms with Crippen molar-refractivity contribution in [2.24, 2.45) is 0 Å². The molecule has 80 valence electrons. The molecule has 0 saturated carbocycles. The molecule has 1 unspecified atom stereocenters. The summed E-state index contributed by atoms with van der Waals surface area (Å²) in [5.74, 6) is 1.36. The van der Waals surface area contributed by atoms with E-state index in [4.69, 9.17) is 0 Å². The Balaban J connectivity index is 2.05. The second-order valence-corrected chi connectivity index (χ2v) is 4.25. The average molecular weight is 210 g/mol. The van der Waals surface area contributed by atoms with Gasteiger partial charge in [0.25, 0.3) is 0 Å². The maximum absolute atomic E-state index is 4.39. The summed E-state index contributed by atoms with van der Waals surface area (Å²) in [5.41, 5.74) is 2.88. The van der Waals surface area contributed by atoms with Gasteiger partial charge in [-0.3, -0.25) is 0 Å². The Labute approximate surface area is 95.4 Å². The van der Waals surface area contributed by atoms with Gasteiger partial charge in [-0.1, -0.05) is 24.3 Å². The van der Waals surface area contributed by atoms with Crippen molar-refractivity contribution in [3.8, 4) is 0 Å². The molecule has 1 heterocycles. The van der Waals surface area contributed by atoms with Crippen LogP contribution in [-0.4, -0.2) is 9.97 Å². The van der Waals surface area contributed by atoms with Crippen LogP contribution in [0.25, 0.3) is 0 Å². The number of nitrogens with zero attached hydrogens (tertiary/aromatic N) is 2. The number of hydrogen-bond donors (Lipinski definition) is 0. The number of hydrogen-bond acceptors (Lipinski definition) is 2. The molecular formula is C14H14N2. The summed E-state index contributed by atoms with van der Waals surface area (Å²) in [6, 6.07) is 10.5. The smallest absolute Gasteiger partial charge is 0.135 e. The third-order valence-electron chi connectivity index (χ3n) is 3.27. The van der Waals surface area contributed by atoms with E-state index in [0.717, 1.165) is 5.82 Å². The topological polar surface area (TPSA) is 25.8 Å². The van der Waals surface area contributed by atoms with E-state index in [-0.39, 0.29) is 0 Å². The number of rotatable bonds is 1. The zero-order valence-electron chi connectivity index (χ0n) is 9.13. The summed E-state index contributed by atoms with van der Waals surface area (Å²) in [6.07, 6.45) is 7.26. The fraction of sp³-hybridized carbons (Fsp3) is 0.286. The molecule has 0 fully saturated rings. The number of fused-ring (bicyclic) bond motifs is 1. The van der Waals surface area contributed by atoms with Crippen molar-refractivity contribution in [3.63, 3.8) is 0 Å². The van der Waals surface area contributed by atoms with E-state index in [9.17, 15) is 0 Å². The van der Waals surface area contributed by atoms with Crippen LogP contribution in [0.3, 0.4) is 0 Å². The summed E-state index contributed by atoms with van der Waals surface area (Å²) >= 11 is 0. The van der Waals surface area contributed by atoms with Gasteiger partial charge in [-0.15, -0.1) is 0 Å². The van der Waals surface area contributed by atoms with Crippen molar-refractivity contribution in [2.75, 3.05) is 0 Å². The molecule has 0 bridgehead atoms. The molecule has 0 saturated heterocycles. The standard InChI is InChI=1S/C14H14N2/c1-2-7-12-11(5-1)6-3-8-13(12)14-15-9-4-10-16-14/h1-2,4-5,7,9-10,13H,3,6,8H2. The predicted octanol–water partition coefficient (Wildman–Crippen LogP) is 2.94. The van der Waals surface area contributed by atoms with E-state index in [2.05, 4.69) is 34.2 Å².